The van der Waals surface area contributed by atoms with Gasteiger partial charge < -0.3 is 14.5 Å². The van der Waals surface area contributed by atoms with Gasteiger partial charge in [-0.15, -0.1) is 0 Å². The van der Waals surface area contributed by atoms with E-state index in [1.807, 2.05) is 0 Å². The fourth-order valence-corrected chi connectivity index (χ4v) is 6.38. The first-order valence-corrected chi connectivity index (χ1v) is 12.3. The maximum Gasteiger partial charge on any atom is 0.119 e. The fourth-order valence-electron chi connectivity index (χ4n) is 6.38. The lowest BCUT2D eigenvalue weighted by molar-refractivity contribution is 0.0765. The van der Waals surface area contributed by atoms with Crippen LogP contribution in [0, 0.1) is 5.92 Å². The van der Waals surface area contributed by atoms with Crippen molar-refractivity contribution in [1.29, 1.82) is 0 Å². The monoisotopic (exact) mass is 452 g/mol. The van der Waals surface area contributed by atoms with Crippen molar-refractivity contribution in [3.05, 3.63) is 95.2 Å². The van der Waals surface area contributed by atoms with Crippen LogP contribution >= 0.6 is 0 Å². The van der Waals surface area contributed by atoms with Crippen LogP contribution in [0.25, 0.3) is 10.9 Å². The number of likely N-dealkylation sites (tertiary alicyclic amines) is 1. The Hall–Kier alpha value is -3.24. The summed E-state index contributed by atoms with van der Waals surface area (Å²) in [5.41, 5.74) is 7.10. The van der Waals surface area contributed by atoms with Crippen LogP contribution < -0.4 is 9.47 Å². The second-order valence-electron chi connectivity index (χ2n) is 9.93. The number of nitrogens with zero attached hydrogens (tertiary/aromatic N) is 1. The standard InChI is InChI=1S/C30H32N2O2/c1-33-24-12-10-21(11-13-24)19-32-15-14-30(22-6-5-7-25(16-22)34-2)18-29-27(17-23(30)20-32)26-8-3-4-9-28(26)31-29/h3-13,16,23,31H,14-15,17-20H2,1-2H3/t23?,30-/m1/s1. The maximum atomic E-state index is 5.63. The molecule has 0 amide bonds. The quantitative estimate of drug-likeness (QED) is 0.419. The summed E-state index contributed by atoms with van der Waals surface area (Å²) in [5.74, 6) is 2.42. The smallest absolute Gasteiger partial charge is 0.119 e. The molecule has 1 N–H and O–H groups in total. The van der Waals surface area contributed by atoms with E-state index < -0.39 is 0 Å². The highest BCUT2D eigenvalue weighted by molar-refractivity contribution is 5.85. The SMILES string of the molecule is COc1ccc(CN2CC[C@]3(c4cccc(OC)c4)Cc4[nH]c5ccccc5c4CC3C2)cc1. The van der Waals surface area contributed by atoms with Crippen LogP contribution in [-0.4, -0.2) is 37.2 Å². The van der Waals surface area contributed by atoms with Crippen LogP contribution in [0.2, 0.25) is 0 Å². The van der Waals surface area contributed by atoms with E-state index in [2.05, 4.69) is 82.7 Å². The minimum atomic E-state index is 0.124. The molecule has 1 aromatic heterocycles. The van der Waals surface area contributed by atoms with Gasteiger partial charge in [0.25, 0.3) is 0 Å². The number of H-pyrrole nitrogens is 1. The van der Waals surface area contributed by atoms with Crippen molar-refractivity contribution in [1.82, 2.24) is 9.88 Å². The number of hydrogen-bond acceptors (Lipinski definition) is 3. The summed E-state index contributed by atoms with van der Waals surface area (Å²) in [7, 11) is 3.49. The van der Waals surface area contributed by atoms with E-state index in [4.69, 9.17) is 9.47 Å². The number of fused-ring (bicyclic) bond motifs is 4. The van der Waals surface area contributed by atoms with Crippen molar-refractivity contribution >= 4 is 10.9 Å². The minimum absolute atomic E-state index is 0.124. The Kier molecular flexibility index (Phi) is 5.34. The van der Waals surface area contributed by atoms with Gasteiger partial charge in [-0.25, -0.2) is 0 Å². The van der Waals surface area contributed by atoms with Gasteiger partial charge in [0.1, 0.15) is 11.5 Å². The highest BCUT2D eigenvalue weighted by Crippen LogP contribution is 2.49. The molecule has 1 saturated heterocycles. The van der Waals surface area contributed by atoms with Crippen LogP contribution in [0.4, 0.5) is 0 Å². The molecular formula is C30H32N2O2. The van der Waals surface area contributed by atoms with Crippen LogP contribution in [0.15, 0.2) is 72.8 Å². The summed E-state index contributed by atoms with van der Waals surface area (Å²) in [5, 5.41) is 1.39. The summed E-state index contributed by atoms with van der Waals surface area (Å²) in [6.45, 7) is 3.17. The average molecular weight is 453 g/mol. The third-order valence-electron chi connectivity index (χ3n) is 8.19. The molecule has 2 heterocycles. The Bertz CT molecular complexity index is 1310. The molecule has 0 saturated carbocycles. The fraction of sp³-hybridized carbons (Fsp3) is 0.333. The summed E-state index contributed by atoms with van der Waals surface area (Å²) in [6.07, 6.45) is 3.32. The third kappa shape index (κ3) is 3.57. The van der Waals surface area contributed by atoms with E-state index in [1.54, 1.807) is 14.2 Å². The lowest BCUT2D eigenvalue weighted by Crippen LogP contribution is -2.53. The molecule has 0 bridgehead atoms. The Morgan fingerprint density at radius 3 is 2.59 bits per heavy atom. The number of hydrogen-bond donors (Lipinski definition) is 1. The Morgan fingerprint density at radius 2 is 1.76 bits per heavy atom. The molecule has 1 aliphatic carbocycles. The molecule has 2 atom stereocenters. The molecule has 0 radical (unpaired) electrons. The number of piperidine rings is 1. The number of aromatic nitrogens is 1. The first-order chi connectivity index (χ1) is 16.7. The number of rotatable bonds is 5. The molecule has 0 spiro atoms. The Labute approximate surface area is 201 Å². The molecule has 1 unspecified atom stereocenters. The Morgan fingerprint density at radius 1 is 0.941 bits per heavy atom. The van der Waals surface area contributed by atoms with Crippen LogP contribution in [0.5, 0.6) is 11.5 Å². The van der Waals surface area contributed by atoms with Crippen molar-refractivity contribution in [2.45, 2.75) is 31.2 Å². The molecule has 4 aromatic rings. The number of methoxy groups -OCH3 is 2. The number of ether oxygens (including phenoxy) is 2. The lowest BCUT2D eigenvalue weighted by Gasteiger charge is -2.51. The van der Waals surface area contributed by atoms with Gasteiger partial charge in [-0.05, 0) is 78.7 Å². The van der Waals surface area contributed by atoms with Gasteiger partial charge in [-0.1, -0.05) is 42.5 Å². The average Bonchev–Trinajstić information content (AvgIpc) is 3.25. The topological polar surface area (TPSA) is 37.5 Å². The predicted octanol–water partition coefficient (Wildman–Crippen LogP) is 5.74. The van der Waals surface area contributed by atoms with Gasteiger partial charge in [0, 0.05) is 35.1 Å². The van der Waals surface area contributed by atoms with Gasteiger partial charge in [0.05, 0.1) is 14.2 Å². The minimum Gasteiger partial charge on any atom is -0.497 e. The lowest BCUT2D eigenvalue weighted by atomic mass is 9.58. The third-order valence-corrected chi connectivity index (χ3v) is 8.19. The molecule has 4 nitrogen and oxygen atoms in total. The summed E-state index contributed by atoms with van der Waals surface area (Å²) >= 11 is 0. The second kappa shape index (κ2) is 8.52. The van der Waals surface area contributed by atoms with Gasteiger partial charge in [0.2, 0.25) is 0 Å². The zero-order chi connectivity index (χ0) is 23.1. The van der Waals surface area contributed by atoms with E-state index in [0.717, 1.165) is 50.4 Å². The van der Waals surface area contributed by atoms with Crippen molar-refractivity contribution in [3.8, 4) is 11.5 Å². The number of benzene rings is 3. The number of para-hydroxylation sites is 1. The van der Waals surface area contributed by atoms with Crippen LogP contribution in [-0.2, 0) is 24.8 Å². The maximum absolute atomic E-state index is 5.63. The molecule has 6 rings (SSSR count). The van der Waals surface area contributed by atoms with Crippen molar-refractivity contribution in [2.75, 3.05) is 27.3 Å². The largest absolute Gasteiger partial charge is 0.497 e. The van der Waals surface area contributed by atoms with E-state index in [-0.39, 0.29) is 5.41 Å². The Balaban J connectivity index is 1.36. The van der Waals surface area contributed by atoms with Crippen LogP contribution in [0.1, 0.15) is 28.8 Å². The molecular weight excluding hydrogens is 420 g/mol. The highest BCUT2D eigenvalue weighted by atomic mass is 16.5. The number of nitrogens with one attached hydrogen (secondary N) is 1. The van der Waals surface area contributed by atoms with E-state index in [1.165, 1.54) is 33.3 Å². The summed E-state index contributed by atoms with van der Waals surface area (Å²) < 4.78 is 11.0. The zero-order valence-electron chi connectivity index (χ0n) is 20.0. The van der Waals surface area contributed by atoms with E-state index in [9.17, 15) is 0 Å². The molecule has 1 aliphatic heterocycles. The van der Waals surface area contributed by atoms with Crippen molar-refractivity contribution in [2.24, 2.45) is 5.92 Å². The van der Waals surface area contributed by atoms with Gasteiger partial charge in [-0.3, -0.25) is 4.90 Å². The van der Waals surface area contributed by atoms with Gasteiger partial charge in [0.15, 0.2) is 0 Å². The summed E-state index contributed by atoms with van der Waals surface area (Å²) in [6, 6.07) is 26.1. The first-order valence-electron chi connectivity index (χ1n) is 12.3. The van der Waals surface area contributed by atoms with Crippen molar-refractivity contribution in [3.63, 3.8) is 0 Å². The molecule has 3 aromatic carbocycles. The zero-order valence-corrected chi connectivity index (χ0v) is 20.0. The first kappa shape index (κ1) is 21.3. The van der Waals surface area contributed by atoms with E-state index in [0.29, 0.717) is 5.92 Å². The number of aromatic amines is 1. The molecule has 174 valence electrons. The molecule has 34 heavy (non-hydrogen) atoms. The van der Waals surface area contributed by atoms with E-state index >= 15 is 0 Å². The highest BCUT2D eigenvalue weighted by Gasteiger charge is 2.48. The summed E-state index contributed by atoms with van der Waals surface area (Å²) in [4.78, 5) is 6.42. The molecule has 1 fully saturated rings. The normalized spacial score (nSPS) is 22.2. The molecule has 4 heteroatoms. The van der Waals surface area contributed by atoms with Crippen molar-refractivity contribution < 1.29 is 9.47 Å². The molecule has 2 aliphatic rings. The van der Waals surface area contributed by atoms with Crippen LogP contribution in [0.3, 0.4) is 0 Å². The second-order valence-corrected chi connectivity index (χ2v) is 9.93. The van der Waals surface area contributed by atoms with Gasteiger partial charge >= 0.3 is 0 Å². The predicted molar refractivity (Wildman–Crippen MR) is 137 cm³/mol. The van der Waals surface area contributed by atoms with Gasteiger partial charge in [-0.2, -0.15) is 0 Å².